The van der Waals surface area contributed by atoms with Crippen LogP contribution >= 0.6 is 11.3 Å². The van der Waals surface area contributed by atoms with Crippen LogP contribution in [0.4, 0.5) is 0 Å². The van der Waals surface area contributed by atoms with Gasteiger partial charge in [0.25, 0.3) is 0 Å². The molecule has 18 heavy (non-hydrogen) atoms. The van der Waals surface area contributed by atoms with E-state index in [9.17, 15) is 4.79 Å². The number of rotatable bonds is 4. The summed E-state index contributed by atoms with van der Waals surface area (Å²) in [4.78, 5) is 15.7. The predicted octanol–water partition coefficient (Wildman–Crippen LogP) is 2.79. The van der Waals surface area contributed by atoms with Gasteiger partial charge in [0, 0.05) is 11.4 Å². The van der Waals surface area contributed by atoms with Crippen molar-refractivity contribution in [2.24, 2.45) is 11.7 Å². The monoisotopic (exact) mass is 266 g/mol. The molecule has 1 aliphatic heterocycles. The van der Waals surface area contributed by atoms with Crippen LogP contribution in [0.1, 0.15) is 44.0 Å². The lowest BCUT2D eigenvalue weighted by Gasteiger charge is -2.27. The van der Waals surface area contributed by atoms with Gasteiger partial charge in [-0.25, -0.2) is 0 Å². The molecule has 1 aromatic heterocycles. The molecule has 0 aliphatic carbocycles. The summed E-state index contributed by atoms with van der Waals surface area (Å²) in [6, 6.07) is 4.09. The first-order valence-corrected chi connectivity index (χ1v) is 7.57. The summed E-state index contributed by atoms with van der Waals surface area (Å²) in [6.07, 6.45) is 2.93. The molecule has 1 amide bonds. The van der Waals surface area contributed by atoms with Crippen LogP contribution in [0, 0.1) is 5.92 Å². The highest BCUT2D eigenvalue weighted by Crippen LogP contribution is 2.34. The van der Waals surface area contributed by atoms with E-state index in [1.165, 1.54) is 4.88 Å². The van der Waals surface area contributed by atoms with Crippen molar-refractivity contribution in [3.05, 3.63) is 22.4 Å². The Bertz CT molecular complexity index is 389. The summed E-state index contributed by atoms with van der Waals surface area (Å²) in [7, 11) is 0. The van der Waals surface area contributed by atoms with E-state index in [0.717, 1.165) is 25.8 Å². The highest BCUT2D eigenvalue weighted by Gasteiger charge is 2.33. The van der Waals surface area contributed by atoms with Crippen molar-refractivity contribution in [3.8, 4) is 0 Å². The Hall–Kier alpha value is -0.870. The van der Waals surface area contributed by atoms with Crippen LogP contribution in [0.2, 0.25) is 0 Å². The van der Waals surface area contributed by atoms with Crippen molar-refractivity contribution in [3.63, 3.8) is 0 Å². The SMILES string of the molecule is CC(C)C[C@H](N)C(=O)N1CCCC1c1cccs1. The molecule has 0 radical (unpaired) electrons. The van der Waals surface area contributed by atoms with E-state index in [1.807, 2.05) is 4.90 Å². The maximum Gasteiger partial charge on any atom is 0.240 e. The third-order valence-corrected chi connectivity index (χ3v) is 4.42. The van der Waals surface area contributed by atoms with Gasteiger partial charge in [-0.05, 0) is 36.6 Å². The van der Waals surface area contributed by atoms with Crippen LogP contribution in [0.15, 0.2) is 17.5 Å². The largest absolute Gasteiger partial charge is 0.333 e. The van der Waals surface area contributed by atoms with Crippen LogP contribution < -0.4 is 5.73 Å². The molecule has 3 nitrogen and oxygen atoms in total. The number of hydrogen-bond acceptors (Lipinski definition) is 3. The second-order valence-electron chi connectivity index (χ2n) is 5.44. The predicted molar refractivity (Wildman–Crippen MR) is 75.4 cm³/mol. The van der Waals surface area contributed by atoms with Crippen LogP contribution in [0.25, 0.3) is 0 Å². The smallest absolute Gasteiger partial charge is 0.240 e. The second kappa shape index (κ2) is 5.85. The second-order valence-corrected chi connectivity index (χ2v) is 6.42. The van der Waals surface area contributed by atoms with Crippen molar-refractivity contribution in [1.29, 1.82) is 0 Å². The van der Waals surface area contributed by atoms with Crippen LogP contribution in [0.5, 0.6) is 0 Å². The quantitative estimate of drug-likeness (QED) is 0.911. The Morgan fingerprint density at radius 2 is 2.39 bits per heavy atom. The topological polar surface area (TPSA) is 46.3 Å². The normalized spacial score (nSPS) is 21.6. The van der Waals surface area contributed by atoms with Gasteiger partial charge in [0.2, 0.25) is 5.91 Å². The van der Waals surface area contributed by atoms with Crippen LogP contribution in [0.3, 0.4) is 0 Å². The minimum Gasteiger partial charge on any atom is -0.333 e. The van der Waals surface area contributed by atoms with Crippen molar-refractivity contribution < 1.29 is 4.79 Å². The van der Waals surface area contributed by atoms with Gasteiger partial charge in [0.1, 0.15) is 0 Å². The van der Waals surface area contributed by atoms with Gasteiger partial charge in [-0.15, -0.1) is 11.3 Å². The molecule has 0 saturated carbocycles. The standard InChI is InChI=1S/C14H22N2OS/c1-10(2)9-11(15)14(17)16-7-3-5-12(16)13-6-4-8-18-13/h4,6,8,10-12H,3,5,7,9,15H2,1-2H3/t11-,12?/m0/s1. The fourth-order valence-corrected chi connectivity index (χ4v) is 3.50. The van der Waals surface area contributed by atoms with E-state index >= 15 is 0 Å². The summed E-state index contributed by atoms with van der Waals surface area (Å²) in [5, 5.41) is 2.07. The molecule has 1 aromatic rings. The minimum atomic E-state index is -0.342. The molecular formula is C14H22N2OS. The lowest BCUT2D eigenvalue weighted by Crippen LogP contribution is -2.43. The van der Waals surface area contributed by atoms with Gasteiger partial charge < -0.3 is 10.6 Å². The number of hydrogen-bond donors (Lipinski definition) is 1. The third-order valence-electron chi connectivity index (χ3n) is 3.45. The van der Waals surface area contributed by atoms with Crippen LogP contribution in [-0.2, 0) is 4.79 Å². The van der Waals surface area contributed by atoms with E-state index in [4.69, 9.17) is 5.73 Å². The number of carbonyl (C=O) groups is 1. The van der Waals surface area contributed by atoms with E-state index < -0.39 is 0 Å². The molecule has 2 rings (SSSR count). The zero-order chi connectivity index (χ0) is 13.1. The molecule has 0 spiro atoms. The molecule has 1 aliphatic rings. The average molecular weight is 266 g/mol. The fourth-order valence-electron chi connectivity index (χ4n) is 2.63. The fraction of sp³-hybridized carbons (Fsp3) is 0.643. The Labute approximate surface area is 113 Å². The Kier molecular flexibility index (Phi) is 4.40. The lowest BCUT2D eigenvalue weighted by atomic mass is 10.0. The molecule has 2 atom stereocenters. The van der Waals surface area contributed by atoms with Gasteiger partial charge in [0.05, 0.1) is 12.1 Å². The molecule has 1 fully saturated rings. The first-order chi connectivity index (χ1) is 8.59. The molecule has 0 bridgehead atoms. The maximum absolute atomic E-state index is 12.4. The number of likely N-dealkylation sites (tertiary alicyclic amines) is 1. The highest BCUT2D eigenvalue weighted by atomic mass is 32.1. The van der Waals surface area contributed by atoms with Crippen molar-refractivity contribution in [2.45, 2.75) is 45.2 Å². The molecule has 2 N–H and O–H groups in total. The zero-order valence-corrected chi connectivity index (χ0v) is 12.0. The molecule has 1 saturated heterocycles. The number of amides is 1. The van der Waals surface area contributed by atoms with Gasteiger partial charge in [0.15, 0.2) is 0 Å². The van der Waals surface area contributed by atoms with Gasteiger partial charge >= 0.3 is 0 Å². The number of nitrogens with two attached hydrogens (primary N) is 1. The molecular weight excluding hydrogens is 244 g/mol. The Morgan fingerprint density at radius 3 is 3.00 bits per heavy atom. The van der Waals surface area contributed by atoms with Crippen LogP contribution in [-0.4, -0.2) is 23.4 Å². The van der Waals surface area contributed by atoms with Gasteiger partial charge in [-0.2, -0.15) is 0 Å². The Morgan fingerprint density at radius 1 is 1.61 bits per heavy atom. The average Bonchev–Trinajstić information content (AvgIpc) is 2.97. The van der Waals surface area contributed by atoms with E-state index in [-0.39, 0.29) is 18.0 Å². The molecule has 2 heterocycles. The highest BCUT2D eigenvalue weighted by molar-refractivity contribution is 7.10. The number of nitrogens with zero attached hydrogens (tertiary/aromatic N) is 1. The summed E-state index contributed by atoms with van der Waals surface area (Å²) in [5.41, 5.74) is 6.03. The first kappa shape index (κ1) is 13.6. The maximum atomic E-state index is 12.4. The first-order valence-electron chi connectivity index (χ1n) is 6.69. The van der Waals surface area contributed by atoms with Crippen molar-refractivity contribution >= 4 is 17.2 Å². The molecule has 100 valence electrons. The van der Waals surface area contributed by atoms with Gasteiger partial charge in [-0.1, -0.05) is 19.9 Å². The molecule has 4 heteroatoms. The summed E-state index contributed by atoms with van der Waals surface area (Å²) >= 11 is 1.73. The zero-order valence-electron chi connectivity index (χ0n) is 11.1. The van der Waals surface area contributed by atoms with Crippen molar-refractivity contribution in [1.82, 2.24) is 4.90 Å². The number of thiophene rings is 1. The molecule has 0 aromatic carbocycles. The number of carbonyl (C=O) groups excluding carboxylic acids is 1. The summed E-state index contributed by atoms with van der Waals surface area (Å²) < 4.78 is 0. The van der Waals surface area contributed by atoms with E-state index in [2.05, 4.69) is 31.4 Å². The molecule has 1 unspecified atom stereocenters. The third kappa shape index (κ3) is 2.93. The van der Waals surface area contributed by atoms with Gasteiger partial charge in [-0.3, -0.25) is 4.79 Å². The summed E-state index contributed by atoms with van der Waals surface area (Å²) in [5.74, 6) is 0.589. The summed E-state index contributed by atoms with van der Waals surface area (Å²) in [6.45, 7) is 5.06. The lowest BCUT2D eigenvalue weighted by molar-refractivity contribution is -0.133. The van der Waals surface area contributed by atoms with E-state index in [1.54, 1.807) is 11.3 Å². The van der Waals surface area contributed by atoms with E-state index in [0.29, 0.717) is 5.92 Å². The van der Waals surface area contributed by atoms with Crippen molar-refractivity contribution in [2.75, 3.05) is 6.54 Å². The minimum absolute atomic E-state index is 0.125. The Balaban J connectivity index is 2.05.